The summed E-state index contributed by atoms with van der Waals surface area (Å²) >= 11 is 0. The standard InChI is InChI=1S/C18H16FNO3/c19-16-4-2-1-3-14(16)10-20(11-21)17-8-7-13(18(22)23)9-15(17)12-5-6-12/h1-4,7-9,11-12H,5-6,10H2,(H,22,23). The lowest BCUT2D eigenvalue weighted by Gasteiger charge is -2.21. The van der Waals surface area contributed by atoms with Gasteiger partial charge in [0, 0.05) is 11.3 Å². The molecule has 2 aromatic carbocycles. The summed E-state index contributed by atoms with van der Waals surface area (Å²) < 4.78 is 13.8. The molecule has 0 saturated heterocycles. The van der Waals surface area contributed by atoms with Crippen LogP contribution in [0.1, 0.15) is 40.2 Å². The van der Waals surface area contributed by atoms with Crippen molar-refractivity contribution in [2.75, 3.05) is 4.90 Å². The summed E-state index contributed by atoms with van der Waals surface area (Å²) in [5.41, 5.74) is 2.11. The average molecular weight is 313 g/mol. The smallest absolute Gasteiger partial charge is 0.335 e. The molecule has 1 aliphatic rings. The average Bonchev–Trinajstić information content (AvgIpc) is 3.38. The second-order valence-corrected chi connectivity index (χ2v) is 5.68. The van der Waals surface area contributed by atoms with Crippen molar-refractivity contribution < 1.29 is 19.1 Å². The molecule has 23 heavy (non-hydrogen) atoms. The molecule has 0 heterocycles. The molecule has 0 spiro atoms. The number of aromatic carboxylic acids is 1. The third kappa shape index (κ3) is 3.23. The van der Waals surface area contributed by atoms with E-state index in [1.807, 2.05) is 0 Å². The largest absolute Gasteiger partial charge is 0.478 e. The van der Waals surface area contributed by atoms with Crippen LogP contribution in [0.25, 0.3) is 0 Å². The van der Waals surface area contributed by atoms with Crippen LogP contribution in [-0.2, 0) is 11.3 Å². The van der Waals surface area contributed by atoms with Crippen molar-refractivity contribution in [1.29, 1.82) is 0 Å². The highest BCUT2D eigenvalue weighted by molar-refractivity contribution is 5.89. The predicted molar refractivity (Wildman–Crippen MR) is 84.0 cm³/mol. The summed E-state index contributed by atoms with van der Waals surface area (Å²) in [7, 11) is 0. The number of amides is 1. The minimum atomic E-state index is -0.995. The topological polar surface area (TPSA) is 57.6 Å². The first-order valence-corrected chi connectivity index (χ1v) is 7.42. The van der Waals surface area contributed by atoms with Gasteiger partial charge in [-0.15, -0.1) is 0 Å². The molecule has 1 fully saturated rings. The molecule has 2 aromatic rings. The van der Waals surface area contributed by atoms with Crippen LogP contribution in [0, 0.1) is 5.82 Å². The van der Waals surface area contributed by atoms with E-state index in [1.54, 1.807) is 30.3 Å². The fourth-order valence-corrected chi connectivity index (χ4v) is 2.66. The van der Waals surface area contributed by atoms with Crippen LogP contribution >= 0.6 is 0 Å². The van der Waals surface area contributed by atoms with Gasteiger partial charge in [-0.3, -0.25) is 4.79 Å². The van der Waals surface area contributed by atoms with E-state index in [2.05, 4.69) is 0 Å². The van der Waals surface area contributed by atoms with E-state index in [9.17, 15) is 14.0 Å². The molecule has 0 aliphatic heterocycles. The molecular formula is C18H16FNO3. The van der Waals surface area contributed by atoms with Crippen LogP contribution in [0.3, 0.4) is 0 Å². The Morgan fingerprint density at radius 3 is 2.61 bits per heavy atom. The van der Waals surface area contributed by atoms with E-state index in [1.165, 1.54) is 17.0 Å². The highest BCUT2D eigenvalue weighted by Gasteiger charge is 2.29. The highest BCUT2D eigenvalue weighted by atomic mass is 19.1. The van der Waals surface area contributed by atoms with Crippen LogP contribution in [0.15, 0.2) is 42.5 Å². The maximum atomic E-state index is 13.8. The molecule has 0 aromatic heterocycles. The first-order valence-electron chi connectivity index (χ1n) is 7.42. The molecule has 0 atom stereocenters. The second-order valence-electron chi connectivity index (χ2n) is 5.68. The van der Waals surface area contributed by atoms with E-state index in [0.717, 1.165) is 18.4 Å². The van der Waals surface area contributed by atoms with Gasteiger partial charge in [0.15, 0.2) is 0 Å². The molecule has 1 aliphatic carbocycles. The minimum absolute atomic E-state index is 0.113. The van der Waals surface area contributed by atoms with Gasteiger partial charge in [0.2, 0.25) is 6.41 Å². The molecule has 5 heteroatoms. The zero-order valence-electron chi connectivity index (χ0n) is 12.4. The van der Waals surface area contributed by atoms with Crippen LogP contribution < -0.4 is 4.90 Å². The number of carbonyl (C=O) groups excluding carboxylic acids is 1. The molecule has 1 amide bonds. The van der Waals surface area contributed by atoms with Gasteiger partial charge >= 0.3 is 5.97 Å². The van der Waals surface area contributed by atoms with E-state index in [-0.39, 0.29) is 23.8 Å². The van der Waals surface area contributed by atoms with Crippen molar-refractivity contribution in [2.45, 2.75) is 25.3 Å². The zero-order chi connectivity index (χ0) is 16.4. The first-order chi connectivity index (χ1) is 11.1. The number of carboxylic acid groups (broad SMARTS) is 1. The molecule has 4 nitrogen and oxygen atoms in total. The predicted octanol–water partition coefficient (Wildman–Crippen LogP) is 3.56. The van der Waals surface area contributed by atoms with Gasteiger partial charge < -0.3 is 10.0 Å². The number of carbonyl (C=O) groups is 2. The summed E-state index contributed by atoms with van der Waals surface area (Å²) in [5.74, 6) is -1.09. The number of benzene rings is 2. The maximum Gasteiger partial charge on any atom is 0.335 e. The summed E-state index contributed by atoms with van der Waals surface area (Å²) in [5, 5.41) is 9.14. The van der Waals surface area contributed by atoms with E-state index in [0.29, 0.717) is 17.7 Å². The van der Waals surface area contributed by atoms with E-state index >= 15 is 0 Å². The monoisotopic (exact) mass is 313 g/mol. The Bertz CT molecular complexity index is 756. The third-order valence-electron chi connectivity index (χ3n) is 4.03. The maximum absolute atomic E-state index is 13.8. The number of nitrogens with zero attached hydrogens (tertiary/aromatic N) is 1. The third-order valence-corrected chi connectivity index (χ3v) is 4.03. The van der Waals surface area contributed by atoms with Crippen molar-refractivity contribution in [2.24, 2.45) is 0 Å². The Morgan fingerprint density at radius 2 is 2.00 bits per heavy atom. The van der Waals surface area contributed by atoms with Gasteiger partial charge in [-0.05, 0) is 48.6 Å². The van der Waals surface area contributed by atoms with Crippen LogP contribution in [-0.4, -0.2) is 17.5 Å². The molecule has 1 saturated carbocycles. The molecule has 3 rings (SSSR count). The van der Waals surface area contributed by atoms with Crippen molar-refractivity contribution >= 4 is 18.1 Å². The Labute approximate surface area is 133 Å². The summed E-state index contributed by atoms with van der Waals surface area (Å²) in [6, 6.07) is 11.0. The fraction of sp³-hybridized carbons (Fsp3) is 0.222. The Balaban J connectivity index is 1.96. The fourth-order valence-electron chi connectivity index (χ4n) is 2.66. The van der Waals surface area contributed by atoms with Gasteiger partial charge in [-0.1, -0.05) is 18.2 Å². The highest BCUT2D eigenvalue weighted by Crippen LogP contribution is 2.44. The van der Waals surface area contributed by atoms with Gasteiger partial charge in [0.1, 0.15) is 5.82 Å². The Morgan fingerprint density at radius 1 is 1.26 bits per heavy atom. The number of hydrogen-bond donors (Lipinski definition) is 1. The second kappa shape index (κ2) is 6.20. The van der Waals surface area contributed by atoms with Crippen LogP contribution in [0.2, 0.25) is 0 Å². The number of anilines is 1. The summed E-state index contributed by atoms with van der Waals surface area (Å²) in [6.45, 7) is 0.113. The number of rotatable bonds is 6. The van der Waals surface area contributed by atoms with Crippen molar-refractivity contribution in [1.82, 2.24) is 0 Å². The zero-order valence-corrected chi connectivity index (χ0v) is 12.4. The lowest BCUT2D eigenvalue weighted by atomic mass is 10.0. The molecule has 0 radical (unpaired) electrons. The Hall–Kier alpha value is -2.69. The quantitative estimate of drug-likeness (QED) is 0.830. The number of hydrogen-bond acceptors (Lipinski definition) is 2. The van der Waals surface area contributed by atoms with Crippen molar-refractivity contribution in [3.63, 3.8) is 0 Å². The first kappa shape index (κ1) is 15.2. The number of halogens is 1. The van der Waals surface area contributed by atoms with Gasteiger partial charge in [-0.25, -0.2) is 9.18 Å². The SMILES string of the molecule is O=CN(Cc1ccccc1F)c1ccc(C(=O)O)cc1C1CC1. The summed E-state index contributed by atoms with van der Waals surface area (Å²) in [4.78, 5) is 24.1. The number of carboxylic acids is 1. The van der Waals surface area contributed by atoms with Gasteiger partial charge in [0.05, 0.1) is 12.1 Å². The van der Waals surface area contributed by atoms with Crippen molar-refractivity contribution in [3.8, 4) is 0 Å². The van der Waals surface area contributed by atoms with Gasteiger partial charge in [0.25, 0.3) is 0 Å². The normalized spacial score (nSPS) is 13.6. The molecular weight excluding hydrogens is 297 g/mol. The lowest BCUT2D eigenvalue weighted by molar-refractivity contribution is -0.107. The summed E-state index contributed by atoms with van der Waals surface area (Å²) in [6.07, 6.45) is 2.61. The Kier molecular flexibility index (Phi) is 4.10. The minimum Gasteiger partial charge on any atom is -0.478 e. The van der Waals surface area contributed by atoms with E-state index < -0.39 is 5.97 Å². The van der Waals surface area contributed by atoms with Crippen LogP contribution in [0.5, 0.6) is 0 Å². The lowest BCUT2D eigenvalue weighted by Crippen LogP contribution is -2.22. The van der Waals surface area contributed by atoms with Crippen LogP contribution in [0.4, 0.5) is 10.1 Å². The van der Waals surface area contributed by atoms with Crippen molar-refractivity contribution in [3.05, 3.63) is 65.0 Å². The van der Waals surface area contributed by atoms with E-state index in [4.69, 9.17) is 5.11 Å². The molecule has 0 unspecified atom stereocenters. The van der Waals surface area contributed by atoms with Gasteiger partial charge in [-0.2, -0.15) is 0 Å². The molecule has 118 valence electrons. The molecule has 1 N–H and O–H groups in total. The molecule has 0 bridgehead atoms.